The first-order valence-electron chi connectivity index (χ1n) is 10.3. The van der Waals surface area contributed by atoms with Gasteiger partial charge in [-0.05, 0) is 18.9 Å². The Morgan fingerprint density at radius 2 is 1.26 bits per heavy atom. The van der Waals surface area contributed by atoms with Crippen molar-refractivity contribution in [3.8, 4) is 0 Å². The van der Waals surface area contributed by atoms with Gasteiger partial charge in [-0.1, -0.05) is 90.4 Å². The summed E-state index contributed by atoms with van der Waals surface area (Å²) in [4.78, 5) is 0. The van der Waals surface area contributed by atoms with E-state index in [4.69, 9.17) is 9.47 Å². The summed E-state index contributed by atoms with van der Waals surface area (Å²) in [5.41, 5.74) is 0. The van der Waals surface area contributed by atoms with Crippen LogP contribution in [0.5, 0.6) is 0 Å². The fourth-order valence-corrected chi connectivity index (χ4v) is 2.92. The summed E-state index contributed by atoms with van der Waals surface area (Å²) in [6.45, 7) is 3.90. The van der Waals surface area contributed by atoms with Crippen LogP contribution >= 0.6 is 0 Å². The Hall–Kier alpha value is -0.500. The van der Waals surface area contributed by atoms with E-state index in [2.05, 4.69) is 13.0 Å². The number of hydrogen-bond acceptors (Lipinski definition) is 2. The first-order valence-corrected chi connectivity index (χ1v) is 10.3. The molecule has 0 bridgehead atoms. The summed E-state index contributed by atoms with van der Waals surface area (Å²) in [5, 5.41) is 0. The molecule has 0 spiro atoms. The first-order chi connectivity index (χ1) is 11.4. The van der Waals surface area contributed by atoms with E-state index in [-0.39, 0.29) is 0 Å². The van der Waals surface area contributed by atoms with E-state index in [9.17, 15) is 0 Å². The molecule has 23 heavy (non-hydrogen) atoms. The summed E-state index contributed by atoms with van der Waals surface area (Å²) in [7, 11) is 0. The second-order valence-electron chi connectivity index (χ2n) is 7.05. The SMILES string of the molecule is CCCCCCCCCCCCCCCCC=COCC1CO1. The molecule has 1 rings (SSSR count). The average molecular weight is 325 g/mol. The van der Waals surface area contributed by atoms with Crippen LogP contribution in [0.1, 0.15) is 103 Å². The molecule has 0 aromatic rings. The molecule has 0 radical (unpaired) electrons. The van der Waals surface area contributed by atoms with E-state index >= 15 is 0 Å². The largest absolute Gasteiger partial charge is 0.499 e. The van der Waals surface area contributed by atoms with Crippen LogP contribution in [0, 0.1) is 0 Å². The maximum atomic E-state index is 5.37. The molecule has 1 aliphatic heterocycles. The quantitative estimate of drug-likeness (QED) is 0.157. The van der Waals surface area contributed by atoms with Crippen LogP contribution in [-0.4, -0.2) is 19.3 Å². The Balaban J connectivity index is 1.63. The van der Waals surface area contributed by atoms with Crippen molar-refractivity contribution in [1.82, 2.24) is 0 Å². The molecule has 136 valence electrons. The van der Waals surface area contributed by atoms with E-state index in [1.54, 1.807) is 0 Å². The van der Waals surface area contributed by atoms with E-state index in [0.717, 1.165) is 19.6 Å². The number of unbranched alkanes of at least 4 members (excludes halogenated alkanes) is 14. The lowest BCUT2D eigenvalue weighted by molar-refractivity contribution is 0.211. The van der Waals surface area contributed by atoms with Crippen molar-refractivity contribution in [1.29, 1.82) is 0 Å². The van der Waals surface area contributed by atoms with Crippen LogP contribution in [0.25, 0.3) is 0 Å². The minimum atomic E-state index is 0.376. The molecule has 1 atom stereocenters. The van der Waals surface area contributed by atoms with Gasteiger partial charge in [0.1, 0.15) is 12.7 Å². The van der Waals surface area contributed by atoms with Gasteiger partial charge in [0.15, 0.2) is 0 Å². The van der Waals surface area contributed by atoms with Gasteiger partial charge < -0.3 is 9.47 Å². The zero-order valence-electron chi connectivity index (χ0n) is 15.6. The van der Waals surface area contributed by atoms with Gasteiger partial charge in [-0.3, -0.25) is 0 Å². The van der Waals surface area contributed by atoms with Crippen molar-refractivity contribution in [2.75, 3.05) is 13.2 Å². The number of hydrogen-bond donors (Lipinski definition) is 0. The summed E-state index contributed by atoms with van der Waals surface area (Å²) >= 11 is 0. The van der Waals surface area contributed by atoms with Gasteiger partial charge in [0, 0.05) is 0 Å². The molecule has 1 unspecified atom stereocenters. The normalized spacial score (nSPS) is 17.0. The number of allylic oxidation sites excluding steroid dienone is 1. The Morgan fingerprint density at radius 1 is 0.783 bits per heavy atom. The van der Waals surface area contributed by atoms with Gasteiger partial charge in [0.2, 0.25) is 0 Å². The zero-order chi connectivity index (χ0) is 16.4. The van der Waals surface area contributed by atoms with Crippen LogP contribution in [-0.2, 0) is 9.47 Å². The van der Waals surface area contributed by atoms with E-state index in [0.29, 0.717) is 6.10 Å². The molecule has 1 aliphatic rings. The highest BCUT2D eigenvalue weighted by Gasteiger charge is 2.22. The van der Waals surface area contributed by atoms with E-state index in [1.165, 1.54) is 89.9 Å². The Kier molecular flexibility index (Phi) is 14.6. The van der Waals surface area contributed by atoms with Crippen molar-refractivity contribution in [2.24, 2.45) is 0 Å². The zero-order valence-corrected chi connectivity index (χ0v) is 15.6. The number of epoxide rings is 1. The Bertz CT molecular complexity index is 259. The molecule has 1 fully saturated rings. The maximum absolute atomic E-state index is 5.37. The molecule has 0 saturated carbocycles. The molecule has 2 heteroatoms. The predicted octanol–water partition coefficient (Wildman–Crippen LogP) is 6.79. The minimum absolute atomic E-state index is 0.376. The van der Waals surface area contributed by atoms with Gasteiger partial charge in [-0.2, -0.15) is 0 Å². The van der Waals surface area contributed by atoms with Gasteiger partial charge >= 0.3 is 0 Å². The standard InChI is InChI=1S/C21H40O2/c1-2-3-4-5-6-7-8-9-10-11-12-13-14-15-16-17-18-22-19-21-20-23-21/h17-18,21H,2-16,19-20H2,1H3. The molecule has 0 amide bonds. The summed E-state index contributed by atoms with van der Waals surface area (Å²) < 4.78 is 10.5. The molecule has 1 saturated heterocycles. The highest BCUT2D eigenvalue weighted by atomic mass is 16.6. The number of rotatable bonds is 18. The molecule has 0 N–H and O–H groups in total. The fourth-order valence-electron chi connectivity index (χ4n) is 2.92. The maximum Gasteiger partial charge on any atom is 0.116 e. The highest BCUT2D eigenvalue weighted by molar-refractivity contribution is 4.75. The molecule has 0 aromatic carbocycles. The second kappa shape index (κ2) is 16.4. The summed E-state index contributed by atoms with van der Waals surface area (Å²) in [6, 6.07) is 0. The lowest BCUT2D eigenvalue weighted by Crippen LogP contribution is -1.94. The lowest BCUT2D eigenvalue weighted by atomic mass is 10.0. The molecule has 0 aromatic heterocycles. The number of ether oxygens (including phenoxy) is 2. The van der Waals surface area contributed by atoms with Crippen LogP contribution < -0.4 is 0 Å². The monoisotopic (exact) mass is 324 g/mol. The van der Waals surface area contributed by atoms with Crippen molar-refractivity contribution in [2.45, 2.75) is 109 Å². The van der Waals surface area contributed by atoms with Crippen molar-refractivity contribution >= 4 is 0 Å². The fraction of sp³-hybridized carbons (Fsp3) is 0.905. The smallest absolute Gasteiger partial charge is 0.116 e. The highest BCUT2D eigenvalue weighted by Crippen LogP contribution is 2.13. The molecular formula is C21H40O2. The summed E-state index contributed by atoms with van der Waals surface area (Å²) in [6.07, 6.45) is 25.5. The molecular weight excluding hydrogens is 284 g/mol. The topological polar surface area (TPSA) is 21.8 Å². The summed E-state index contributed by atoms with van der Waals surface area (Å²) in [5.74, 6) is 0. The van der Waals surface area contributed by atoms with Gasteiger partial charge in [-0.25, -0.2) is 0 Å². The molecule has 2 nitrogen and oxygen atoms in total. The van der Waals surface area contributed by atoms with E-state index in [1.807, 2.05) is 6.26 Å². The molecule has 1 heterocycles. The van der Waals surface area contributed by atoms with Crippen molar-refractivity contribution in [3.63, 3.8) is 0 Å². The van der Waals surface area contributed by atoms with Gasteiger partial charge in [-0.15, -0.1) is 0 Å². The first kappa shape index (κ1) is 20.5. The Labute approximate surface area is 145 Å². The van der Waals surface area contributed by atoms with Gasteiger partial charge in [0.25, 0.3) is 0 Å². The van der Waals surface area contributed by atoms with Crippen LogP contribution in [0.4, 0.5) is 0 Å². The lowest BCUT2D eigenvalue weighted by Gasteiger charge is -2.02. The van der Waals surface area contributed by atoms with Crippen LogP contribution in [0.3, 0.4) is 0 Å². The van der Waals surface area contributed by atoms with Crippen LogP contribution in [0.15, 0.2) is 12.3 Å². The third-order valence-corrected chi connectivity index (χ3v) is 4.60. The van der Waals surface area contributed by atoms with Gasteiger partial charge in [0.05, 0.1) is 12.9 Å². The Morgan fingerprint density at radius 3 is 1.74 bits per heavy atom. The van der Waals surface area contributed by atoms with E-state index < -0.39 is 0 Å². The van der Waals surface area contributed by atoms with Crippen LogP contribution in [0.2, 0.25) is 0 Å². The van der Waals surface area contributed by atoms with Crippen molar-refractivity contribution < 1.29 is 9.47 Å². The third-order valence-electron chi connectivity index (χ3n) is 4.60. The predicted molar refractivity (Wildman–Crippen MR) is 99.8 cm³/mol. The second-order valence-corrected chi connectivity index (χ2v) is 7.05. The average Bonchev–Trinajstić information content (AvgIpc) is 3.38. The molecule has 0 aliphatic carbocycles. The van der Waals surface area contributed by atoms with Crippen molar-refractivity contribution in [3.05, 3.63) is 12.3 Å². The minimum Gasteiger partial charge on any atom is -0.499 e. The third kappa shape index (κ3) is 16.1.